The van der Waals surface area contributed by atoms with Crippen LogP contribution in [0.15, 0.2) is 36.4 Å². The summed E-state index contributed by atoms with van der Waals surface area (Å²) in [6.07, 6.45) is 0. The monoisotopic (exact) mass is 219 g/mol. The highest BCUT2D eigenvalue weighted by molar-refractivity contribution is 6.35. The fraction of sp³-hybridized carbons (Fsp3) is 0.231. The van der Waals surface area contributed by atoms with Gasteiger partial charge in [0.2, 0.25) is 0 Å². The predicted molar refractivity (Wildman–Crippen MR) is 66.3 cm³/mol. The van der Waals surface area contributed by atoms with E-state index in [1.165, 1.54) is 10.9 Å². The lowest BCUT2D eigenvalue weighted by Crippen LogP contribution is -2.11. The van der Waals surface area contributed by atoms with E-state index in [1.54, 1.807) is 0 Å². The van der Waals surface area contributed by atoms with Gasteiger partial charge < -0.3 is 5.32 Å². The molecule has 0 saturated heterocycles. The normalized spacial score (nSPS) is 10.8. The molecule has 0 radical (unpaired) electrons. The van der Waals surface area contributed by atoms with Crippen LogP contribution in [0.5, 0.6) is 0 Å². The van der Waals surface area contributed by atoms with Gasteiger partial charge in [-0.1, -0.05) is 48.9 Å². The standard InChI is InChI=1S/C13H14ClN/c1-2-15-9-10-7-8-13(14)12-6-4-3-5-11(10)12/h3-8,15H,2,9H2,1H3. The molecule has 0 unspecified atom stereocenters. The summed E-state index contributed by atoms with van der Waals surface area (Å²) in [5, 5.41) is 6.53. The van der Waals surface area contributed by atoms with Crippen molar-refractivity contribution in [1.29, 1.82) is 0 Å². The summed E-state index contributed by atoms with van der Waals surface area (Å²) in [7, 11) is 0. The zero-order valence-corrected chi connectivity index (χ0v) is 9.51. The van der Waals surface area contributed by atoms with Crippen molar-refractivity contribution in [3.8, 4) is 0 Å². The molecular weight excluding hydrogens is 206 g/mol. The van der Waals surface area contributed by atoms with Crippen LogP contribution in [0.25, 0.3) is 10.8 Å². The van der Waals surface area contributed by atoms with Crippen LogP contribution < -0.4 is 5.32 Å². The first kappa shape index (κ1) is 10.5. The Hall–Kier alpha value is -1.05. The first-order chi connectivity index (χ1) is 7.33. The number of nitrogens with one attached hydrogen (secondary N) is 1. The van der Waals surface area contributed by atoms with Gasteiger partial charge in [0.05, 0.1) is 0 Å². The second-order valence-electron chi connectivity index (χ2n) is 3.53. The molecule has 0 aromatic heterocycles. The van der Waals surface area contributed by atoms with Crippen molar-refractivity contribution >= 4 is 22.4 Å². The Bertz CT molecular complexity index is 465. The van der Waals surface area contributed by atoms with Gasteiger partial charge in [0.1, 0.15) is 0 Å². The molecule has 2 aromatic rings. The average Bonchev–Trinajstić information content (AvgIpc) is 2.29. The molecular formula is C13H14ClN. The fourth-order valence-electron chi connectivity index (χ4n) is 1.74. The van der Waals surface area contributed by atoms with E-state index in [4.69, 9.17) is 11.6 Å². The third-order valence-electron chi connectivity index (χ3n) is 2.53. The number of benzene rings is 2. The molecule has 78 valence electrons. The molecule has 2 heteroatoms. The summed E-state index contributed by atoms with van der Waals surface area (Å²) in [6, 6.07) is 12.3. The van der Waals surface area contributed by atoms with Crippen molar-refractivity contribution in [3.63, 3.8) is 0 Å². The molecule has 0 saturated carbocycles. The molecule has 0 heterocycles. The second kappa shape index (κ2) is 4.65. The van der Waals surface area contributed by atoms with Crippen molar-refractivity contribution < 1.29 is 0 Å². The van der Waals surface area contributed by atoms with Crippen LogP contribution >= 0.6 is 11.6 Å². The minimum absolute atomic E-state index is 0.825. The highest BCUT2D eigenvalue weighted by Gasteiger charge is 2.02. The third kappa shape index (κ3) is 2.14. The highest BCUT2D eigenvalue weighted by atomic mass is 35.5. The molecule has 2 rings (SSSR count). The van der Waals surface area contributed by atoms with Crippen LogP contribution in [0.3, 0.4) is 0 Å². The van der Waals surface area contributed by atoms with Gasteiger partial charge in [0.25, 0.3) is 0 Å². The lowest BCUT2D eigenvalue weighted by molar-refractivity contribution is 0.730. The van der Waals surface area contributed by atoms with E-state index in [2.05, 4.69) is 30.4 Å². The molecule has 0 aliphatic rings. The van der Waals surface area contributed by atoms with Gasteiger partial charge in [-0.25, -0.2) is 0 Å². The molecule has 1 N–H and O–H groups in total. The minimum Gasteiger partial charge on any atom is -0.313 e. The second-order valence-corrected chi connectivity index (χ2v) is 3.94. The topological polar surface area (TPSA) is 12.0 Å². The van der Waals surface area contributed by atoms with E-state index in [0.29, 0.717) is 0 Å². The molecule has 0 spiro atoms. The number of hydrogen-bond acceptors (Lipinski definition) is 1. The molecule has 2 aromatic carbocycles. The van der Waals surface area contributed by atoms with Gasteiger partial charge in [0.15, 0.2) is 0 Å². The summed E-state index contributed by atoms with van der Waals surface area (Å²) in [5.41, 5.74) is 1.30. The van der Waals surface area contributed by atoms with Crippen molar-refractivity contribution in [3.05, 3.63) is 47.0 Å². The van der Waals surface area contributed by atoms with E-state index >= 15 is 0 Å². The Morgan fingerprint density at radius 2 is 1.80 bits per heavy atom. The van der Waals surface area contributed by atoms with E-state index in [-0.39, 0.29) is 0 Å². The fourth-order valence-corrected chi connectivity index (χ4v) is 1.97. The minimum atomic E-state index is 0.825. The first-order valence-corrected chi connectivity index (χ1v) is 5.57. The summed E-state index contributed by atoms with van der Waals surface area (Å²) < 4.78 is 0. The van der Waals surface area contributed by atoms with Crippen molar-refractivity contribution in [2.75, 3.05) is 6.54 Å². The maximum absolute atomic E-state index is 6.14. The summed E-state index contributed by atoms with van der Waals surface area (Å²) in [5.74, 6) is 0. The van der Waals surface area contributed by atoms with Gasteiger partial charge >= 0.3 is 0 Å². The predicted octanol–water partition coefficient (Wildman–Crippen LogP) is 3.60. The van der Waals surface area contributed by atoms with Crippen LogP contribution in [0, 0.1) is 0 Å². The number of fused-ring (bicyclic) bond motifs is 1. The molecule has 0 aliphatic carbocycles. The van der Waals surface area contributed by atoms with E-state index in [9.17, 15) is 0 Å². The Labute approximate surface area is 95.1 Å². The molecule has 0 aliphatic heterocycles. The van der Waals surface area contributed by atoms with Gasteiger partial charge in [-0.3, -0.25) is 0 Å². The van der Waals surface area contributed by atoms with Crippen molar-refractivity contribution in [1.82, 2.24) is 5.32 Å². The van der Waals surface area contributed by atoms with Crippen LogP contribution in [0.4, 0.5) is 0 Å². The Morgan fingerprint density at radius 3 is 2.53 bits per heavy atom. The van der Waals surface area contributed by atoms with E-state index in [1.807, 2.05) is 18.2 Å². The third-order valence-corrected chi connectivity index (χ3v) is 2.86. The van der Waals surface area contributed by atoms with Crippen LogP contribution in [-0.2, 0) is 6.54 Å². The summed E-state index contributed by atoms with van der Waals surface area (Å²) >= 11 is 6.14. The molecule has 0 bridgehead atoms. The number of rotatable bonds is 3. The lowest BCUT2D eigenvalue weighted by Gasteiger charge is -2.08. The molecule has 0 amide bonds. The lowest BCUT2D eigenvalue weighted by atomic mass is 10.0. The van der Waals surface area contributed by atoms with Gasteiger partial charge in [-0.05, 0) is 23.6 Å². The molecule has 1 nitrogen and oxygen atoms in total. The largest absolute Gasteiger partial charge is 0.313 e. The SMILES string of the molecule is CCNCc1ccc(Cl)c2ccccc12. The average molecular weight is 220 g/mol. The first-order valence-electron chi connectivity index (χ1n) is 5.19. The molecule has 15 heavy (non-hydrogen) atoms. The van der Waals surface area contributed by atoms with Crippen molar-refractivity contribution in [2.45, 2.75) is 13.5 Å². The van der Waals surface area contributed by atoms with Gasteiger partial charge in [-0.15, -0.1) is 0 Å². The molecule has 0 fully saturated rings. The van der Waals surface area contributed by atoms with Gasteiger partial charge in [-0.2, -0.15) is 0 Å². The Kier molecular flexibility index (Phi) is 3.24. The van der Waals surface area contributed by atoms with Crippen molar-refractivity contribution in [2.24, 2.45) is 0 Å². The zero-order valence-electron chi connectivity index (χ0n) is 8.76. The smallest absolute Gasteiger partial charge is 0.0484 e. The van der Waals surface area contributed by atoms with E-state index < -0.39 is 0 Å². The van der Waals surface area contributed by atoms with Crippen LogP contribution in [0.2, 0.25) is 5.02 Å². The highest BCUT2D eigenvalue weighted by Crippen LogP contribution is 2.26. The maximum Gasteiger partial charge on any atom is 0.0484 e. The van der Waals surface area contributed by atoms with E-state index in [0.717, 1.165) is 23.5 Å². The van der Waals surface area contributed by atoms with Crippen LogP contribution in [-0.4, -0.2) is 6.54 Å². The number of hydrogen-bond donors (Lipinski definition) is 1. The molecule has 0 atom stereocenters. The zero-order chi connectivity index (χ0) is 10.7. The Morgan fingerprint density at radius 1 is 1.07 bits per heavy atom. The quantitative estimate of drug-likeness (QED) is 0.832. The maximum atomic E-state index is 6.14. The Balaban J connectivity index is 2.51. The number of halogens is 1. The van der Waals surface area contributed by atoms with Gasteiger partial charge in [0, 0.05) is 17.0 Å². The summed E-state index contributed by atoms with van der Waals surface area (Å²) in [4.78, 5) is 0. The summed E-state index contributed by atoms with van der Waals surface area (Å²) in [6.45, 7) is 3.99. The van der Waals surface area contributed by atoms with Crippen LogP contribution in [0.1, 0.15) is 12.5 Å².